The molecule has 1 fully saturated rings. The van der Waals surface area contributed by atoms with Crippen LogP contribution in [0.1, 0.15) is 102 Å². The van der Waals surface area contributed by atoms with Gasteiger partial charge in [-0.2, -0.15) is 0 Å². The molecule has 422 valence electrons. The van der Waals surface area contributed by atoms with E-state index in [-0.39, 0.29) is 56.9 Å². The lowest BCUT2D eigenvalue weighted by Crippen LogP contribution is -2.58. The monoisotopic (exact) mass is 1080 g/mol. The Morgan fingerprint density at radius 3 is 2.24 bits per heavy atom. The van der Waals surface area contributed by atoms with E-state index in [0.29, 0.717) is 30.6 Å². The van der Waals surface area contributed by atoms with Crippen LogP contribution in [-0.2, 0) is 65.5 Å². The number of ether oxygens (including phenoxy) is 4. The minimum atomic E-state index is -1.48. The maximum Gasteiger partial charge on any atom is 0.330 e. The number of hydrogen-bond acceptors (Lipinski definition) is 13. The minimum absolute atomic E-state index is 0.0268. The summed E-state index contributed by atoms with van der Waals surface area (Å²) in [5.74, 6) is -5.12. The number of cyclic esters (lactones) is 2. The second-order valence-electron chi connectivity index (χ2n) is 21.3. The summed E-state index contributed by atoms with van der Waals surface area (Å²) >= 11 is 0. The van der Waals surface area contributed by atoms with Crippen LogP contribution >= 0.6 is 0 Å². The second kappa shape index (κ2) is 28.7. The van der Waals surface area contributed by atoms with Crippen molar-refractivity contribution in [2.24, 2.45) is 11.3 Å². The predicted octanol–water partition coefficient (Wildman–Crippen LogP) is 5.10. The molecular weight excluding hydrogens is 1000 g/mol. The van der Waals surface area contributed by atoms with Gasteiger partial charge in [0, 0.05) is 46.7 Å². The third-order valence-corrected chi connectivity index (χ3v) is 14.0. The highest BCUT2D eigenvalue weighted by Gasteiger charge is 2.43. The van der Waals surface area contributed by atoms with Crippen molar-refractivity contribution in [3.05, 3.63) is 107 Å². The quantitative estimate of drug-likeness (QED) is 0.221. The van der Waals surface area contributed by atoms with E-state index in [9.17, 15) is 43.2 Å². The summed E-state index contributed by atoms with van der Waals surface area (Å²) in [6, 6.07) is 17.2. The Balaban J connectivity index is 1.43. The fraction of sp³-hybridized carbons (Fsp3) is 0.508. The summed E-state index contributed by atoms with van der Waals surface area (Å²) in [6.07, 6.45) is 4.49. The molecule has 2 heterocycles. The molecule has 0 aromatic heterocycles. The van der Waals surface area contributed by atoms with Gasteiger partial charge in [0.2, 0.25) is 29.4 Å². The van der Waals surface area contributed by atoms with Crippen molar-refractivity contribution in [2.75, 3.05) is 61.1 Å². The number of carbonyl (C=O) groups excluding carboxylic acids is 9. The van der Waals surface area contributed by atoms with E-state index in [1.54, 1.807) is 50.6 Å². The Labute approximate surface area is 458 Å². The van der Waals surface area contributed by atoms with Gasteiger partial charge < -0.3 is 49.2 Å². The molecule has 2 aliphatic heterocycles. The zero-order chi connectivity index (χ0) is 57.3. The van der Waals surface area contributed by atoms with Gasteiger partial charge in [0.25, 0.3) is 11.8 Å². The first kappa shape index (κ1) is 61.3. The van der Waals surface area contributed by atoms with E-state index in [2.05, 4.69) is 10.6 Å². The molecule has 5 atom stereocenters. The SMILES string of the molecule is COc1cc(CC[C@H]2OC(=O)[C@@H]3CCCCN3C(=O)C(=O)C(C)(C)COC(=O)C=CCCN(C)C(=O)[C@H](CC(C)C)NC(=O)[C@H](Cc3ccccc3)N(C)C(=O)[C@@H](C)NC(=O)CN(C)C(=O)COc3cccc2c3)ccc1C. The van der Waals surface area contributed by atoms with Crippen molar-refractivity contribution >= 4 is 53.2 Å². The molecule has 2 bridgehead atoms. The van der Waals surface area contributed by atoms with E-state index >= 15 is 0 Å². The van der Waals surface area contributed by atoms with Crippen LogP contribution in [0.4, 0.5) is 0 Å². The average Bonchev–Trinajstić information content (AvgIpc) is 3.42. The molecule has 19 nitrogen and oxygen atoms in total. The van der Waals surface area contributed by atoms with Crippen molar-refractivity contribution in [3.8, 4) is 11.5 Å². The Kier molecular flexibility index (Phi) is 22.6. The molecule has 0 spiro atoms. The van der Waals surface area contributed by atoms with Crippen molar-refractivity contribution in [1.29, 1.82) is 0 Å². The van der Waals surface area contributed by atoms with Crippen LogP contribution in [0.2, 0.25) is 0 Å². The summed E-state index contributed by atoms with van der Waals surface area (Å²) in [7, 11) is 6.02. The maximum absolute atomic E-state index is 14.3. The number of esters is 2. The van der Waals surface area contributed by atoms with Crippen molar-refractivity contribution in [1.82, 2.24) is 30.2 Å². The van der Waals surface area contributed by atoms with Crippen molar-refractivity contribution in [2.45, 2.75) is 123 Å². The number of amides is 6. The van der Waals surface area contributed by atoms with E-state index < -0.39 is 109 Å². The van der Waals surface area contributed by atoms with E-state index in [4.69, 9.17) is 18.9 Å². The van der Waals surface area contributed by atoms with Crippen LogP contribution in [0, 0.1) is 18.3 Å². The third kappa shape index (κ3) is 17.5. The van der Waals surface area contributed by atoms with Crippen LogP contribution in [0.15, 0.2) is 84.9 Å². The van der Waals surface area contributed by atoms with Crippen LogP contribution in [0.3, 0.4) is 0 Å². The number of hydrogen-bond donors (Lipinski definition) is 2. The van der Waals surface area contributed by atoms with Gasteiger partial charge in [-0.25, -0.2) is 9.59 Å². The first-order valence-corrected chi connectivity index (χ1v) is 26.6. The molecular formula is C59H78N6O13. The van der Waals surface area contributed by atoms with Gasteiger partial charge in [-0.3, -0.25) is 33.6 Å². The first-order chi connectivity index (χ1) is 37.0. The molecule has 78 heavy (non-hydrogen) atoms. The van der Waals surface area contributed by atoms with Gasteiger partial charge >= 0.3 is 11.9 Å². The highest BCUT2D eigenvalue weighted by atomic mass is 16.5. The van der Waals surface area contributed by atoms with Gasteiger partial charge in [0.1, 0.15) is 48.4 Å². The molecule has 6 amide bonds. The summed E-state index contributed by atoms with van der Waals surface area (Å²) in [5, 5.41) is 5.54. The van der Waals surface area contributed by atoms with Gasteiger partial charge in [0.15, 0.2) is 6.61 Å². The molecule has 0 unspecified atom stereocenters. The Hall–Kier alpha value is -7.57. The molecule has 0 saturated carbocycles. The zero-order valence-corrected chi connectivity index (χ0v) is 46.8. The van der Waals surface area contributed by atoms with E-state index in [1.807, 2.05) is 57.2 Å². The van der Waals surface area contributed by atoms with Gasteiger partial charge in [-0.1, -0.05) is 74.5 Å². The number of ketones is 1. The third-order valence-electron chi connectivity index (χ3n) is 14.0. The lowest BCUT2D eigenvalue weighted by atomic mass is 9.87. The highest BCUT2D eigenvalue weighted by molar-refractivity contribution is 6.38. The first-order valence-electron chi connectivity index (χ1n) is 26.6. The number of carbonyl (C=O) groups is 9. The van der Waals surface area contributed by atoms with Gasteiger partial charge in [-0.15, -0.1) is 0 Å². The maximum atomic E-state index is 14.3. The number of aryl methyl sites for hydroxylation is 2. The van der Waals surface area contributed by atoms with Crippen LogP contribution in [-0.4, -0.2) is 158 Å². The van der Waals surface area contributed by atoms with Crippen LogP contribution in [0.5, 0.6) is 11.5 Å². The topological polar surface area (TPSA) is 228 Å². The summed E-state index contributed by atoms with van der Waals surface area (Å²) in [6.45, 7) is 9.10. The number of methoxy groups -OCH3 is 1. The Morgan fingerprint density at radius 1 is 0.808 bits per heavy atom. The molecule has 3 aromatic carbocycles. The number of piperidine rings is 1. The number of nitrogens with zero attached hydrogens (tertiary/aromatic N) is 4. The van der Waals surface area contributed by atoms with Crippen molar-refractivity contribution in [3.63, 3.8) is 0 Å². The highest BCUT2D eigenvalue weighted by Crippen LogP contribution is 2.31. The lowest BCUT2D eigenvalue weighted by molar-refractivity contribution is -0.165. The molecule has 19 heteroatoms. The van der Waals surface area contributed by atoms with Gasteiger partial charge in [0.05, 0.1) is 19.1 Å². The van der Waals surface area contributed by atoms with Crippen LogP contribution < -0.4 is 20.1 Å². The van der Waals surface area contributed by atoms with E-state index in [1.165, 1.54) is 61.7 Å². The molecule has 0 radical (unpaired) electrons. The Morgan fingerprint density at radius 2 is 1.54 bits per heavy atom. The predicted molar refractivity (Wildman–Crippen MR) is 291 cm³/mol. The number of Topliss-reactive ketones (excluding diaryl/α,β-unsaturated/α-hetero) is 1. The molecule has 2 aliphatic rings. The summed E-state index contributed by atoms with van der Waals surface area (Å²) in [4.78, 5) is 130. The molecule has 5 rings (SSSR count). The van der Waals surface area contributed by atoms with Crippen LogP contribution in [0.25, 0.3) is 0 Å². The summed E-state index contributed by atoms with van der Waals surface area (Å²) < 4.78 is 23.2. The molecule has 0 aliphatic carbocycles. The second-order valence-corrected chi connectivity index (χ2v) is 21.3. The number of nitrogens with one attached hydrogen (secondary N) is 2. The average molecular weight is 1080 g/mol. The fourth-order valence-corrected chi connectivity index (χ4v) is 9.23. The number of fused-ring (bicyclic) bond motifs is 3. The fourth-order valence-electron chi connectivity index (χ4n) is 9.23. The molecule has 1 saturated heterocycles. The zero-order valence-electron chi connectivity index (χ0n) is 46.8. The lowest BCUT2D eigenvalue weighted by Gasteiger charge is -2.36. The van der Waals surface area contributed by atoms with E-state index in [0.717, 1.165) is 21.6 Å². The largest absolute Gasteiger partial charge is 0.496 e. The number of rotatable bonds is 8. The number of likely N-dealkylation sites (N-methyl/N-ethyl adjacent to an activating group) is 3. The standard InChI is InChI=1S/C59H78N6O13/c1-38(2)31-45-56(72)62(7)29-16-15-24-52(68)77-37-59(5,6)53(69)57(73)65-30-17-14-23-46(65)58(74)78-48(28-27-42-26-25-39(3)49(33-42)75-10)43-21-18-22-44(34-43)76-36-51(67)63(8)35-50(66)60-40(4)55(71)64(9)47(54(70)61-45)32-41-19-12-11-13-20-41/h11-13,15,18-22,24-26,33-34,38,40,45-48H,14,16-17,23,27-32,35-37H2,1-10H3,(H,60,66)(H,61,70)/t40-,45+,46+,47+,48-/m1/s1. The van der Waals surface area contributed by atoms with Gasteiger partial charge in [-0.05, 0) is 119 Å². The smallest absolute Gasteiger partial charge is 0.330 e. The summed E-state index contributed by atoms with van der Waals surface area (Å²) in [5.41, 5.74) is 1.65. The van der Waals surface area contributed by atoms with Crippen molar-refractivity contribution < 1.29 is 62.1 Å². The molecule has 2 N–H and O–H groups in total. The minimum Gasteiger partial charge on any atom is -0.496 e. The normalized spacial score (nSPS) is 22.7. The Bertz CT molecular complexity index is 2650. The number of benzene rings is 3. The molecule has 3 aromatic rings.